The molecule has 0 aliphatic heterocycles. The van der Waals surface area contributed by atoms with Crippen LogP contribution in [0.5, 0.6) is 0 Å². The molecule has 122 valence electrons. The van der Waals surface area contributed by atoms with E-state index in [-0.39, 0.29) is 11.5 Å². The zero-order chi connectivity index (χ0) is 16.9. The second-order valence-electron chi connectivity index (χ2n) is 5.49. The number of anilines is 2. The molecular formula is C18H18N4O2. The van der Waals surface area contributed by atoms with E-state index >= 15 is 0 Å². The summed E-state index contributed by atoms with van der Waals surface area (Å²) in [5.74, 6) is 0.379. The Bertz CT molecular complexity index is 916. The number of carbonyl (C=O) groups is 1. The summed E-state index contributed by atoms with van der Waals surface area (Å²) in [7, 11) is 0. The minimum atomic E-state index is -0.150. The minimum Gasteiger partial charge on any atom is -0.355 e. The van der Waals surface area contributed by atoms with Gasteiger partial charge in [-0.25, -0.2) is 4.98 Å². The number of H-pyrrole nitrogens is 1. The summed E-state index contributed by atoms with van der Waals surface area (Å²) in [5.41, 5.74) is 2.42. The van der Waals surface area contributed by atoms with Gasteiger partial charge in [0.15, 0.2) is 0 Å². The van der Waals surface area contributed by atoms with Gasteiger partial charge in [0.2, 0.25) is 11.9 Å². The van der Waals surface area contributed by atoms with Crippen LogP contribution >= 0.6 is 0 Å². The maximum atomic E-state index is 12.0. The van der Waals surface area contributed by atoms with E-state index in [1.807, 2.05) is 42.5 Å². The normalized spacial score (nSPS) is 10.5. The van der Waals surface area contributed by atoms with Gasteiger partial charge in [-0.15, -0.1) is 0 Å². The highest BCUT2D eigenvalue weighted by atomic mass is 16.1. The van der Waals surface area contributed by atoms with Crippen molar-refractivity contribution in [1.29, 1.82) is 0 Å². The number of fused-ring (bicyclic) bond motifs is 1. The SMILES string of the molecule is CC(=O)Nc1ccc(CCNc2nc3ccccc3c(=O)[nH]2)cc1. The van der Waals surface area contributed by atoms with Crippen LogP contribution in [0, 0.1) is 0 Å². The Hall–Kier alpha value is -3.15. The fourth-order valence-electron chi connectivity index (χ4n) is 2.45. The van der Waals surface area contributed by atoms with Crippen molar-refractivity contribution in [3.05, 3.63) is 64.4 Å². The lowest BCUT2D eigenvalue weighted by molar-refractivity contribution is -0.114. The quantitative estimate of drug-likeness (QED) is 0.674. The minimum absolute atomic E-state index is 0.0873. The number of nitrogens with one attached hydrogen (secondary N) is 3. The first-order valence-corrected chi connectivity index (χ1v) is 7.71. The number of para-hydroxylation sites is 1. The molecule has 1 heterocycles. The largest absolute Gasteiger partial charge is 0.355 e. The number of hydrogen-bond acceptors (Lipinski definition) is 4. The molecule has 0 saturated carbocycles. The van der Waals surface area contributed by atoms with Gasteiger partial charge in [-0.1, -0.05) is 24.3 Å². The van der Waals surface area contributed by atoms with Crippen LogP contribution in [-0.4, -0.2) is 22.4 Å². The third-order valence-corrected chi connectivity index (χ3v) is 3.59. The van der Waals surface area contributed by atoms with Gasteiger partial charge < -0.3 is 10.6 Å². The van der Waals surface area contributed by atoms with Crippen molar-refractivity contribution in [1.82, 2.24) is 9.97 Å². The summed E-state index contributed by atoms with van der Waals surface area (Å²) in [6.07, 6.45) is 0.775. The molecular weight excluding hydrogens is 304 g/mol. The Balaban J connectivity index is 1.62. The molecule has 0 fully saturated rings. The topological polar surface area (TPSA) is 86.9 Å². The lowest BCUT2D eigenvalue weighted by Crippen LogP contribution is -2.14. The molecule has 0 radical (unpaired) electrons. The lowest BCUT2D eigenvalue weighted by atomic mass is 10.1. The Labute approximate surface area is 138 Å². The monoisotopic (exact) mass is 322 g/mol. The highest BCUT2D eigenvalue weighted by molar-refractivity contribution is 5.88. The average Bonchev–Trinajstić information content (AvgIpc) is 2.56. The second-order valence-corrected chi connectivity index (χ2v) is 5.49. The van der Waals surface area contributed by atoms with Crippen molar-refractivity contribution in [3.63, 3.8) is 0 Å². The molecule has 0 atom stereocenters. The predicted molar refractivity (Wildman–Crippen MR) is 95.3 cm³/mol. The number of nitrogens with zero attached hydrogens (tertiary/aromatic N) is 1. The molecule has 0 spiro atoms. The average molecular weight is 322 g/mol. The van der Waals surface area contributed by atoms with Gasteiger partial charge in [0.1, 0.15) is 0 Å². The predicted octanol–water partition coefficient (Wildman–Crippen LogP) is 2.54. The Kier molecular flexibility index (Phi) is 4.56. The molecule has 0 saturated heterocycles. The van der Waals surface area contributed by atoms with E-state index in [1.54, 1.807) is 6.07 Å². The molecule has 3 rings (SSSR count). The molecule has 0 bridgehead atoms. The smallest absolute Gasteiger partial charge is 0.260 e. The molecule has 1 aromatic heterocycles. The lowest BCUT2D eigenvalue weighted by Gasteiger charge is -2.07. The van der Waals surface area contributed by atoms with Crippen molar-refractivity contribution in [2.24, 2.45) is 0 Å². The Morgan fingerprint density at radius 1 is 1.12 bits per heavy atom. The molecule has 1 amide bonds. The molecule has 0 aliphatic rings. The first kappa shape index (κ1) is 15.7. The van der Waals surface area contributed by atoms with Crippen molar-refractivity contribution in [2.45, 2.75) is 13.3 Å². The van der Waals surface area contributed by atoms with Crippen LogP contribution in [0.3, 0.4) is 0 Å². The van der Waals surface area contributed by atoms with E-state index in [9.17, 15) is 9.59 Å². The van der Waals surface area contributed by atoms with Gasteiger partial charge in [0, 0.05) is 19.2 Å². The summed E-state index contributed by atoms with van der Waals surface area (Å²) in [6.45, 7) is 2.12. The molecule has 3 N–H and O–H groups in total. The van der Waals surface area contributed by atoms with E-state index in [1.165, 1.54) is 6.92 Å². The highest BCUT2D eigenvalue weighted by Gasteiger charge is 2.03. The summed E-state index contributed by atoms with van der Waals surface area (Å²) >= 11 is 0. The Morgan fingerprint density at radius 2 is 1.88 bits per heavy atom. The van der Waals surface area contributed by atoms with E-state index in [0.717, 1.165) is 17.7 Å². The fourth-order valence-corrected chi connectivity index (χ4v) is 2.45. The molecule has 3 aromatic rings. The third-order valence-electron chi connectivity index (χ3n) is 3.59. The zero-order valence-electron chi connectivity index (χ0n) is 13.3. The standard InChI is InChI=1S/C18H18N4O2/c1-12(23)20-14-8-6-13(7-9-14)10-11-19-18-21-16-5-3-2-4-15(16)17(24)22-18/h2-9H,10-11H2,1H3,(H,20,23)(H2,19,21,22,24). The van der Waals surface area contributed by atoms with Gasteiger partial charge >= 0.3 is 0 Å². The summed E-state index contributed by atoms with van der Waals surface area (Å²) in [5, 5.41) is 6.45. The van der Waals surface area contributed by atoms with Crippen molar-refractivity contribution >= 4 is 28.4 Å². The molecule has 6 heteroatoms. The maximum Gasteiger partial charge on any atom is 0.260 e. The molecule has 2 aromatic carbocycles. The zero-order valence-corrected chi connectivity index (χ0v) is 13.3. The van der Waals surface area contributed by atoms with Crippen LogP contribution in [0.2, 0.25) is 0 Å². The van der Waals surface area contributed by atoms with Gasteiger partial charge in [0.05, 0.1) is 10.9 Å². The second kappa shape index (κ2) is 6.95. The number of aromatic amines is 1. The summed E-state index contributed by atoms with van der Waals surface area (Å²) < 4.78 is 0. The molecule has 24 heavy (non-hydrogen) atoms. The van der Waals surface area contributed by atoms with E-state index in [2.05, 4.69) is 20.6 Å². The first-order chi connectivity index (χ1) is 11.6. The summed E-state index contributed by atoms with van der Waals surface area (Å²) in [6, 6.07) is 14.9. The van der Waals surface area contributed by atoms with Crippen LogP contribution < -0.4 is 16.2 Å². The van der Waals surface area contributed by atoms with Crippen molar-refractivity contribution in [3.8, 4) is 0 Å². The molecule has 0 unspecified atom stereocenters. The number of benzene rings is 2. The van der Waals surface area contributed by atoms with Gasteiger partial charge in [-0.3, -0.25) is 14.6 Å². The van der Waals surface area contributed by atoms with E-state index in [0.29, 0.717) is 23.4 Å². The number of rotatable bonds is 5. The van der Waals surface area contributed by atoms with Crippen molar-refractivity contribution in [2.75, 3.05) is 17.2 Å². The number of hydrogen-bond donors (Lipinski definition) is 3. The van der Waals surface area contributed by atoms with E-state index < -0.39 is 0 Å². The van der Waals surface area contributed by atoms with Crippen LogP contribution in [0.25, 0.3) is 10.9 Å². The number of carbonyl (C=O) groups excluding carboxylic acids is 1. The number of amides is 1. The maximum absolute atomic E-state index is 12.0. The fraction of sp³-hybridized carbons (Fsp3) is 0.167. The third kappa shape index (κ3) is 3.78. The van der Waals surface area contributed by atoms with Gasteiger partial charge in [-0.2, -0.15) is 0 Å². The van der Waals surface area contributed by atoms with Crippen molar-refractivity contribution < 1.29 is 4.79 Å². The van der Waals surface area contributed by atoms with Crippen LogP contribution in [0.4, 0.5) is 11.6 Å². The van der Waals surface area contributed by atoms with Crippen LogP contribution in [-0.2, 0) is 11.2 Å². The molecule has 6 nitrogen and oxygen atoms in total. The van der Waals surface area contributed by atoms with Gasteiger partial charge in [0.25, 0.3) is 5.56 Å². The first-order valence-electron chi connectivity index (χ1n) is 7.71. The Morgan fingerprint density at radius 3 is 2.62 bits per heavy atom. The number of aromatic nitrogens is 2. The molecule has 0 aliphatic carbocycles. The van der Waals surface area contributed by atoms with Crippen LogP contribution in [0.15, 0.2) is 53.3 Å². The van der Waals surface area contributed by atoms with Crippen LogP contribution in [0.1, 0.15) is 12.5 Å². The van der Waals surface area contributed by atoms with Gasteiger partial charge in [-0.05, 0) is 36.2 Å². The van der Waals surface area contributed by atoms with E-state index in [4.69, 9.17) is 0 Å². The summed E-state index contributed by atoms with van der Waals surface area (Å²) in [4.78, 5) is 30.1. The highest BCUT2D eigenvalue weighted by Crippen LogP contribution is 2.11.